The number of hydrogen-bond donors (Lipinski definition) is 4. The second-order valence-electron chi connectivity index (χ2n) is 8.17. The van der Waals surface area contributed by atoms with Crippen LogP contribution in [-0.4, -0.2) is 27.7 Å². The molecule has 1 aromatic heterocycles. The van der Waals surface area contributed by atoms with E-state index in [9.17, 15) is 5.11 Å². The van der Waals surface area contributed by atoms with Crippen LogP contribution in [0.2, 0.25) is 5.02 Å². The Morgan fingerprint density at radius 3 is 2.44 bits per heavy atom. The Morgan fingerprint density at radius 1 is 0.912 bits per heavy atom. The zero-order valence-corrected chi connectivity index (χ0v) is 19.6. The summed E-state index contributed by atoms with van der Waals surface area (Å²) in [6.45, 7) is 2.33. The number of aromatic amines is 1. The average Bonchev–Trinajstić information content (AvgIpc) is 3.38. The third-order valence-corrected chi connectivity index (χ3v) is 5.74. The maximum Gasteiger partial charge on any atom is 0.127 e. The van der Waals surface area contributed by atoms with E-state index in [0.29, 0.717) is 11.6 Å². The number of ether oxygens (including phenoxy) is 1. The summed E-state index contributed by atoms with van der Waals surface area (Å²) >= 11 is 5.96. The monoisotopic (exact) mass is 476 g/mol. The van der Waals surface area contributed by atoms with Gasteiger partial charge in [0, 0.05) is 49.0 Å². The number of aliphatic hydroxyl groups excluding tert-OH is 1. The summed E-state index contributed by atoms with van der Waals surface area (Å²) in [5.74, 6) is 1.54. The van der Waals surface area contributed by atoms with Gasteiger partial charge in [-0.05, 0) is 53.1 Å². The average molecular weight is 477 g/mol. The van der Waals surface area contributed by atoms with E-state index in [2.05, 4.69) is 26.7 Å². The third kappa shape index (κ3) is 7.43. The molecule has 0 bridgehead atoms. The summed E-state index contributed by atoms with van der Waals surface area (Å²) in [5.41, 5.74) is 4.33. The van der Waals surface area contributed by atoms with E-state index in [-0.39, 0.29) is 12.6 Å². The first-order chi connectivity index (χ1) is 16.7. The lowest BCUT2D eigenvalue weighted by Gasteiger charge is -2.19. The molecule has 0 aliphatic carbocycles. The molecule has 4 aromatic rings. The fourth-order valence-corrected chi connectivity index (χ4v) is 3.78. The van der Waals surface area contributed by atoms with Crippen LogP contribution in [0, 0.1) is 0 Å². The minimum Gasteiger partial charge on any atom is -0.457 e. The highest BCUT2D eigenvalue weighted by Gasteiger charge is 2.11. The van der Waals surface area contributed by atoms with Crippen LogP contribution in [0.4, 0.5) is 0 Å². The second kappa shape index (κ2) is 12.3. The topological polar surface area (TPSA) is 82.2 Å². The molecule has 176 valence electrons. The molecule has 0 saturated carbocycles. The van der Waals surface area contributed by atoms with Crippen molar-refractivity contribution in [1.29, 1.82) is 0 Å². The van der Waals surface area contributed by atoms with Crippen LogP contribution in [0.25, 0.3) is 0 Å². The van der Waals surface area contributed by atoms with Crippen LogP contribution in [0.1, 0.15) is 22.4 Å². The molecule has 0 amide bonds. The molecule has 0 spiro atoms. The minimum absolute atomic E-state index is 0.0653. The molecular weight excluding hydrogens is 448 g/mol. The maximum atomic E-state index is 9.21. The SMILES string of the molecule is OCc1ccc(CNCC(Cc2cnc[nH]2)NCc2cccc(Oc3ccc(Cl)cc3)c2)cc1. The molecule has 4 N–H and O–H groups in total. The van der Waals surface area contributed by atoms with E-state index >= 15 is 0 Å². The van der Waals surface area contributed by atoms with Gasteiger partial charge >= 0.3 is 0 Å². The fraction of sp³-hybridized carbons (Fsp3) is 0.222. The molecule has 6 nitrogen and oxygen atoms in total. The van der Waals surface area contributed by atoms with E-state index in [4.69, 9.17) is 16.3 Å². The van der Waals surface area contributed by atoms with Crippen molar-refractivity contribution in [1.82, 2.24) is 20.6 Å². The molecule has 1 heterocycles. The number of nitrogens with zero attached hydrogens (tertiary/aromatic N) is 1. The Bertz CT molecular complexity index is 1130. The molecule has 0 radical (unpaired) electrons. The Balaban J connectivity index is 1.33. The number of H-pyrrole nitrogens is 1. The van der Waals surface area contributed by atoms with Crippen molar-refractivity contribution in [2.24, 2.45) is 0 Å². The lowest BCUT2D eigenvalue weighted by atomic mass is 10.1. The van der Waals surface area contributed by atoms with Crippen molar-refractivity contribution in [3.05, 3.63) is 113 Å². The van der Waals surface area contributed by atoms with Gasteiger partial charge in [-0.1, -0.05) is 48.0 Å². The first-order valence-electron chi connectivity index (χ1n) is 11.3. The Hall–Kier alpha value is -3.16. The summed E-state index contributed by atoms with van der Waals surface area (Å²) < 4.78 is 5.97. The lowest BCUT2D eigenvalue weighted by molar-refractivity contribution is 0.282. The fourth-order valence-electron chi connectivity index (χ4n) is 3.65. The Morgan fingerprint density at radius 2 is 1.71 bits per heavy atom. The normalized spacial score (nSPS) is 11.9. The van der Waals surface area contributed by atoms with Gasteiger partial charge in [-0.2, -0.15) is 0 Å². The van der Waals surface area contributed by atoms with Gasteiger partial charge in [-0.25, -0.2) is 4.98 Å². The number of aromatic nitrogens is 2. The van der Waals surface area contributed by atoms with Gasteiger partial charge < -0.3 is 25.5 Å². The van der Waals surface area contributed by atoms with Crippen LogP contribution in [0.5, 0.6) is 11.5 Å². The van der Waals surface area contributed by atoms with Gasteiger partial charge in [0.05, 0.1) is 12.9 Å². The van der Waals surface area contributed by atoms with E-state index < -0.39 is 0 Å². The summed E-state index contributed by atoms with van der Waals surface area (Å²) in [6, 6.07) is 23.6. The van der Waals surface area contributed by atoms with Crippen molar-refractivity contribution < 1.29 is 9.84 Å². The first-order valence-corrected chi connectivity index (χ1v) is 11.7. The van der Waals surface area contributed by atoms with Crippen LogP contribution >= 0.6 is 11.6 Å². The molecule has 0 fully saturated rings. The van der Waals surface area contributed by atoms with E-state index in [0.717, 1.165) is 47.8 Å². The van der Waals surface area contributed by atoms with Crippen LogP contribution < -0.4 is 15.4 Å². The standard InChI is InChI=1S/C27H29ClN4O2/c28-23-8-10-26(11-9-23)34-27-3-1-2-22(12-27)15-31-24(13-25-17-30-19-32-25)16-29-14-20-4-6-21(18-33)7-5-20/h1-12,17,19,24,29,31,33H,13-16,18H2,(H,30,32). The third-order valence-electron chi connectivity index (χ3n) is 5.49. The quantitative estimate of drug-likeness (QED) is 0.235. The van der Waals surface area contributed by atoms with Gasteiger partial charge in [0.1, 0.15) is 11.5 Å². The Labute approximate surface area is 205 Å². The second-order valence-corrected chi connectivity index (χ2v) is 8.60. The van der Waals surface area contributed by atoms with Crippen molar-refractivity contribution in [3.63, 3.8) is 0 Å². The van der Waals surface area contributed by atoms with Crippen LogP contribution in [0.3, 0.4) is 0 Å². The van der Waals surface area contributed by atoms with Gasteiger partial charge in [-0.15, -0.1) is 0 Å². The van der Waals surface area contributed by atoms with Crippen molar-refractivity contribution in [2.75, 3.05) is 6.54 Å². The number of hydrogen-bond acceptors (Lipinski definition) is 5. The maximum absolute atomic E-state index is 9.21. The Kier molecular flexibility index (Phi) is 8.71. The molecule has 1 atom stereocenters. The zero-order valence-electron chi connectivity index (χ0n) is 18.9. The van der Waals surface area contributed by atoms with Crippen LogP contribution in [0.15, 0.2) is 85.3 Å². The molecular formula is C27H29ClN4O2. The molecule has 0 aliphatic rings. The van der Waals surface area contributed by atoms with E-state index in [1.165, 1.54) is 5.56 Å². The van der Waals surface area contributed by atoms with Crippen molar-refractivity contribution in [3.8, 4) is 11.5 Å². The van der Waals surface area contributed by atoms with E-state index in [1.54, 1.807) is 6.33 Å². The molecule has 34 heavy (non-hydrogen) atoms. The smallest absolute Gasteiger partial charge is 0.127 e. The molecule has 7 heteroatoms. The predicted molar refractivity (Wildman–Crippen MR) is 135 cm³/mol. The highest BCUT2D eigenvalue weighted by atomic mass is 35.5. The van der Waals surface area contributed by atoms with Gasteiger partial charge in [0.25, 0.3) is 0 Å². The number of imidazole rings is 1. The van der Waals surface area contributed by atoms with Crippen molar-refractivity contribution in [2.45, 2.75) is 32.2 Å². The summed E-state index contributed by atoms with van der Waals surface area (Å²) in [7, 11) is 0. The van der Waals surface area contributed by atoms with Gasteiger partial charge in [-0.3, -0.25) is 0 Å². The molecule has 1 unspecified atom stereocenters. The molecule has 3 aromatic carbocycles. The number of nitrogens with one attached hydrogen (secondary N) is 3. The minimum atomic E-state index is 0.0653. The van der Waals surface area contributed by atoms with Crippen LogP contribution in [-0.2, 0) is 26.1 Å². The molecule has 0 aliphatic heterocycles. The summed E-state index contributed by atoms with van der Waals surface area (Å²) in [4.78, 5) is 7.34. The number of halogens is 1. The summed E-state index contributed by atoms with van der Waals surface area (Å²) in [5, 5.41) is 17.1. The largest absolute Gasteiger partial charge is 0.457 e. The lowest BCUT2D eigenvalue weighted by Crippen LogP contribution is -2.39. The highest BCUT2D eigenvalue weighted by Crippen LogP contribution is 2.23. The van der Waals surface area contributed by atoms with Gasteiger partial charge in [0.2, 0.25) is 0 Å². The number of aliphatic hydroxyl groups is 1. The highest BCUT2D eigenvalue weighted by molar-refractivity contribution is 6.30. The summed E-state index contributed by atoms with van der Waals surface area (Å²) in [6.07, 6.45) is 4.40. The van der Waals surface area contributed by atoms with Crippen molar-refractivity contribution >= 4 is 11.6 Å². The zero-order chi connectivity index (χ0) is 23.6. The first kappa shape index (κ1) is 24.0. The number of benzene rings is 3. The molecule has 0 saturated heterocycles. The molecule has 4 rings (SSSR count). The number of rotatable bonds is 12. The predicted octanol–water partition coefficient (Wildman–Crippen LogP) is 4.84. The van der Waals surface area contributed by atoms with E-state index in [1.807, 2.05) is 72.9 Å². The van der Waals surface area contributed by atoms with Gasteiger partial charge in [0.15, 0.2) is 0 Å².